The smallest absolute Gasteiger partial charge is 0.251 e. The number of benzene rings is 1. The zero-order valence-electron chi connectivity index (χ0n) is 15.3. The van der Waals surface area contributed by atoms with Crippen molar-refractivity contribution in [1.29, 1.82) is 0 Å². The first kappa shape index (κ1) is 17.8. The summed E-state index contributed by atoms with van der Waals surface area (Å²) in [4.78, 5) is 12.5. The van der Waals surface area contributed by atoms with Gasteiger partial charge in [0, 0.05) is 24.7 Å². The average molecular weight is 376 g/mol. The third-order valence-electron chi connectivity index (χ3n) is 4.40. The lowest BCUT2D eigenvalue weighted by atomic mass is 10.1. The van der Waals surface area contributed by atoms with Crippen molar-refractivity contribution < 1.29 is 13.9 Å². The van der Waals surface area contributed by atoms with Gasteiger partial charge in [-0.05, 0) is 36.8 Å². The summed E-state index contributed by atoms with van der Waals surface area (Å²) in [5.41, 5.74) is 1.93. The Kier molecular flexibility index (Phi) is 5.05. The molecule has 1 aromatic carbocycles. The van der Waals surface area contributed by atoms with E-state index in [0.717, 1.165) is 29.7 Å². The van der Waals surface area contributed by atoms with E-state index in [4.69, 9.17) is 9.15 Å². The van der Waals surface area contributed by atoms with E-state index < -0.39 is 0 Å². The van der Waals surface area contributed by atoms with Gasteiger partial charge in [-0.2, -0.15) is 0 Å². The molecule has 1 amide bonds. The highest BCUT2D eigenvalue weighted by Gasteiger charge is 2.13. The van der Waals surface area contributed by atoms with Crippen LogP contribution in [-0.2, 0) is 6.42 Å². The van der Waals surface area contributed by atoms with Crippen LogP contribution in [0.25, 0.3) is 16.6 Å². The molecule has 0 spiro atoms. The monoisotopic (exact) mass is 376 g/mol. The van der Waals surface area contributed by atoms with Crippen molar-refractivity contribution in [2.45, 2.75) is 12.8 Å². The Morgan fingerprint density at radius 2 is 2.21 bits per heavy atom. The lowest BCUT2D eigenvalue weighted by molar-refractivity contribution is 0.0952. The van der Waals surface area contributed by atoms with Crippen molar-refractivity contribution in [3.63, 3.8) is 0 Å². The molecular weight excluding hydrogens is 356 g/mol. The fraction of sp³-hybridized carbons (Fsp3) is 0.190. The van der Waals surface area contributed by atoms with Crippen molar-refractivity contribution >= 4 is 22.5 Å². The van der Waals surface area contributed by atoms with Gasteiger partial charge in [0.2, 0.25) is 0 Å². The Balaban J connectivity index is 1.39. The third-order valence-corrected chi connectivity index (χ3v) is 4.40. The SMILES string of the molecule is C=CCOc1cc(C(=O)NCCCc2nnc3ccccn23)cc2occc12. The molecule has 7 heteroatoms. The number of nitrogens with zero attached hydrogens (tertiary/aromatic N) is 3. The highest BCUT2D eigenvalue weighted by molar-refractivity contribution is 5.99. The molecule has 0 bridgehead atoms. The predicted octanol–water partition coefficient (Wildman–Crippen LogP) is 3.40. The van der Waals surface area contributed by atoms with Gasteiger partial charge in [0.05, 0.1) is 11.6 Å². The summed E-state index contributed by atoms with van der Waals surface area (Å²) in [6.45, 7) is 4.54. The Hall–Kier alpha value is -3.61. The van der Waals surface area contributed by atoms with Crippen LogP contribution >= 0.6 is 0 Å². The van der Waals surface area contributed by atoms with Crippen molar-refractivity contribution in [1.82, 2.24) is 19.9 Å². The number of pyridine rings is 1. The lowest BCUT2D eigenvalue weighted by Crippen LogP contribution is -2.25. The maximum atomic E-state index is 12.5. The highest BCUT2D eigenvalue weighted by atomic mass is 16.5. The molecule has 4 aromatic rings. The second kappa shape index (κ2) is 7.96. The first-order valence-corrected chi connectivity index (χ1v) is 9.08. The van der Waals surface area contributed by atoms with E-state index in [1.54, 1.807) is 24.5 Å². The summed E-state index contributed by atoms with van der Waals surface area (Å²) >= 11 is 0. The number of carbonyl (C=O) groups is 1. The molecule has 3 heterocycles. The fourth-order valence-electron chi connectivity index (χ4n) is 3.05. The van der Waals surface area contributed by atoms with Crippen molar-refractivity contribution in [3.8, 4) is 5.75 Å². The molecule has 28 heavy (non-hydrogen) atoms. The van der Waals surface area contributed by atoms with Crippen LogP contribution in [0.15, 0.2) is 65.9 Å². The number of rotatable bonds is 8. The summed E-state index contributed by atoms with van der Waals surface area (Å²) in [5, 5.41) is 12.1. The zero-order valence-corrected chi connectivity index (χ0v) is 15.3. The molecular formula is C21H20N4O3. The van der Waals surface area contributed by atoms with Gasteiger partial charge in [0.25, 0.3) is 5.91 Å². The molecule has 142 valence electrons. The minimum atomic E-state index is -0.173. The molecule has 1 N–H and O–H groups in total. The van der Waals surface area contributed by atoms with E-state index in [9.17, 15) is 4.79 Å². The largest absolute Gasteiger partial charge is 0.489 e. The van der Waals surface area contributed by atoms with E-state index in [2.05, 4.69) is 22.1 Å². The maximum absolute atomic E-state index is 12.5. The Bertz CT molecular complexity index is 1130. The number of carbonyl (C=O) groups excluding carboxylic acids is 1. The van der Waals surface area contributed by atoms with Gasteiger partial charge in [0.15, 0.2) is 5.65 Å². The molecule has 0 saturated carbocycles. The van der Waals surface area contributed by atoms with Gasteiger partial charge in [-0.1, -0.05) is 18.7 Å². The Labute approximate surface area is 161 Å². The van der Waals surface area contributed by atoms with Gasteiger partial charge >= 0.3 is 0 Å². The third kappa shape index (κ3) is 3.59. The molecule has 0 fully saturated rings. The molecule has 0 radical (unpaired) electrons. The number of furan rings is 1. The number of aryl methyl sites for hydroxylation is 1. The quantitative estimate of drug-likeness (QED) is 0.376. The first-order chi connectivity index (χ1) is 13.8. The van der Waals surface area contributed by atoms with Gasteiger partial charge in [-0.15, -0.1) is 10.2 Å². The number of hydrogen-bond acceptors (Lipinski definition) is 5. The molecule has 0 aliphatic carbocycles. The fourth-order valence-corrected chi connectivity index (χ4v) is 3.05. The summed E-state index contributed by atoms with van der Waals surface area (Å²) in [7, 11) is 0. The van der Waals surface area contributed by atoms with Gasteiger partial charge in [0.1, 0.15) is 23.8 Å². The number of hydrogen-bond donors (Lipinski definition) is 1. The second-order valence-corrected chi connectivity index (χ2v) is 6.31. The van der Waals surface area contributed by atoms with E-state index in [0.29, 0.717) is 30.0 Å². The number of nitrogens with one attached hydrogen (secondary N) is 1. The maximum Gasteiger partial charge on any atom is 0.251 e. The topological polar surface area (TPSA) is 81.7 Å². The Morgan fingerprint density at radius 1 is 1.29 bits per heavy atom. The van der Waals surface area contributed by atoms with Crippen molar-refractivity contribution in [2.24, 2.45) is 0 Å². The molecule has 3 aromatic heterocycles. The highest BCUT2D eigenvalue weighted by Crippen LogP contribution is 2.28. The minimum absolute atomic E-state index is 0.173. The second-order valence-electron chi connectivity index (χ2n) is 6.31. The number of aromatic nitrogens is 3. The summed E-state index contributed by atoms with van der Waals surface area (Å²) in [6, 6.07) is 11.0. The van der Waals surface area contributed by atoms with Gasteiger partial charge in [-0.25, -0.2) is 0 Å². The summed E-state index contributed by atoms with van der Waals surface area (Å²) in [5.74, 6) is 1.31. The summed E-state index contributed by atoms with van der Waals surface area (Å²) in [6.07, 6.45) is 6.65. The number of ether oxygens (including phenoxy) is 1. The first-order valence-electron chi connectivity index (χ1n) is 9.08. The lowest BCUT2D eigenvalue weighted by Gasteiger charge is -2.09. The molecule has 0 atom stereocenters. The van der Waals surface area contributed by atoms with Crippen LogP contribution < -0.4 is 10.1 Å². The number of fused-ring (bicyclic) bond motifs is 2. The van der Waals surface area contributed by atoms with Crippen molar-refractivity contribution in [3.05, 3.63) is 72.9 Å². The zero-order chi connectivity index (χ0) is 19.3. The molecule has 0 saturated heterocycles. The summed E-state index contributed by atoms with van der Waals surface area (Å²) < 4.78 is 13.1. The Morgan fingerprint density at radius 3 is 3.11 bits per heavy atom. The van der Waals surface area contributed by atoms with Crippen LogP contribution in [0.4, 0.5) is 0 Å². The van der Waals surface area contributed by atoms with Crippen LogP contribution in [0.5, 0.6) is 5.75 Å². The van der Waals surface area contributed by atoms with Crippen LogP contribution in [0.3, 0.4) is 0 Å². The molecule has 7 nitrogen and oxygen atoms in total. The van der Waals surface area contributed by atoms with Gasteiger partial charge < -0.3 is 14.5 Å². The molecule has 0 aliphatic rings. The van der Waals surface area contributed by atoms with Crippen LogP contribution in [0.2, 0.25) is 0 Å². The van der Waals surface area contributed by atoms with Crippen LogP contribution in [0.1, 0.15) is 22.6 Å². The van der Waals surface area contributed by atoms with E-state index in [-0.39, 0.29) is 5.91 Å². The standard InChI is InChI=1S/C21H20N4O3/c1-2-11-27-17-13-15(14-18-16(17)8-12-28-18)21(26)22-9-5-7-20-24-23-19-6-3-4-10-25(19)20/h2-4,6,8,10,12-14H,1,5,7,9,11H2,(H,22,26). The van der Waals surface area contributed by atoms with E-state index in [1.807, 2.05) is 34.9 Å². The van der Waals surface area contributed by atoms with E-state index in [1.165, 1.54) is 0 Å². The number of amides is 1. The molecule has 0 aliphatic heterocycles. The van der Waals surface area contributed by atoms with E-state index >= 15 is 0 Å². The molecule has 4 rings (SSSR count). The van der Waals surface area contributed by atoms with Crippen LogP contribution in [-0.4, -0.2) is 33.7 Å². The average Bonchev–Trinajstić information content (AvgIpc) is 3.36. The van der Waals surface area contributed by atoms with Crippen LogP contribution in [0, 0.1) is 0 Å². The predicted molar refractivity (Wildman–Crippen MR) is 106 cm³/mol. The minimum Gasteiger partial charge on any atom is -0.489 e. The van der Waals surface area contributed by atoms with Crippen molar-refractivity contribution in [2.75, 3.05) is 13.2 Å². The van der Waals surface area contributed by atoms with Gasteiger partial charge in [-0.3, -0.25) is 9.20 Å². The normalized spacial score (nSPS) is 11.0. The molecule has 0 unspecified atom stereocenters.